The highest BCUT2D eigenvalue weighted by Crippen LogP contribution is 2.26. The van der Waals surface area contributed by atoms with Gasteiger partial charge in [-0.3, -0.25) is 4.79 Å². The topological polar surface area (TPSA) is 82.8 Å². The summed E-state index contributed by atoms with van der Waals surface area (Å²) in [5.74, 6) is 2.56. The normalized spacial score (nSPS) is 18.9. The van der Waals surface area contributed by atoms with Crippen LogP contribution in [0.1, 0.15) is 35.7 Å². The standard InChI is InChI=1S/C32H37N5O2/c1-4-9-31(25(5-2)21-33)35-16-14-26(15-17-35)34-27-13-12-24(3)30(20-27)32(39)36-18-19-37(29(22-36)23-38)28-10-7-6-8-11-28/h1,5-13,20,26,29,34,38H,14-19,22-23H2,2-3H3/b25-5-,31-9+/t29-/m1/s1. The van der Waals surface area contributed by atoms with E-state index in [-0.39, 0.29) is 24.6 Å². The Kier molecular flexibility index (Phi) is 9.31. The summed E-state index contributed by atoms with van der Waals surface area (Å²) in [7, 11) is 0. The predicted molar refractivity (Wildman–Crippen MR) is 156 cm³/mol. The van der Waals surface area contributed by atoms with Gasteiger partial charge in [-0.1, -0.05) is 36.3 Å². The Bertz CT molecular complexity index is 1300. The Morgan fingerprint density at radius 1 is 1.13 bits per heavy atom. The van der Waals surface area contributed by atoms with Crippen LogP contribution in [-0.2, 0) is 0 Å². The summed E-state index contributed by atoms with van der Waals surface area (Å²) in [4.78, 5) is 19.8. The van der Waals surface area contributed by atoms with Crippen LogP contribution in [0.2, 0.25) is 0 Å². The molecular weight excluding hydrogens is 486 g/mol. The van der Waals surface area contributed by atoms with Gasteiger partial charge in [0.25, 0.3) is 5.91 Å². The summed E-state index contributed by atoms with van der Waals surface area (Å²) >= 11 is 0. The van der Waals surface area contributed by atoms with Gasteiger partial charge in [-0.25, -0.2) is 0 Å². The highest BCUT2D eigenvalue weighted by atomic mass is 16.3. The number of nitrogens with zero attached hydrogens (tertiary/aromatic N) is 4. The molecule has 2 aliphatic heterocycles. The van der Waals surface area contributed by atoms with Crippen LogP contribution in [-0.4, -0.2) is 72.2 Å². The number of aryl methyl sites for hydroxylation is 1. The first-order valence-electron chi connectivity index (χ1n) is 13.6. The molecule has 0 aliphatic carbocycles. The number of aliphatic hydroxyl groups excluding tert-OH is 1. The fourth-order valence-electron chi connectivity index (χ4n) is 5.46. The van der Waals surface area contributed by atoms with E-state index in [4.69, 9.17) is 6.42 Å². The van der Waals surface area contributed by atoms with Crippen molar-refractivity contribution >= 4 is 17.3 Å². The molecule has 0 aromatic heterocycles. The van der Waals surface area contributed by atoms with Crippen molar-refractivity contribution in [3.63, 3.8) is 0 Å². The number of aliphatic hydroxyl groups is 1. The lowest BCUT2D eigenvalue weighted by Crippen LogP contribution is -2.56. The maximum absolute atomic E-state index is 13.6. The number of nitrogens with one attached hydrogen (secondary N) is 1. The van der Waals surface area contributed by atoms with Crippen LogP contribution in [0.15, 0.2) is 72.0 Å². The number of hydrogen-bond donors (Lipinski definition) is 2. The number of para-hydroxylation sites is 1. The van der Waals surface area contributed by atoms with E-state index in [1.807, 2.05) is 67.3 Å². The van der Waals surface area contributed by atoms with E-state index in [0.29, 0.717) is 30.8 Å². The zero-order chi connectivity index (χ0) is 27.8. The molecule has 2 N–H and O–H groups in total. The van der Waals surface area contributed by atoms with Gasteiger partial charge in [-0.2, -0.15) is 5.26 Å². The van der Waals surface area contributed by atoms with Crippen LogP contribution < -0.4 is 10.2 Å². The molecule has 0 spiro atoms. The largest absolute Gasteiger partial charge is 0.394 e. The lowest BCUT2D eigenvalue weighted by molar-refractivity contribution is 0.0698. The van der Waals surface area contributed by atoms with Crippen LogP contribution in [0.4, 0.5) is 11.4 Å². The Balaban J connectivity index is 1.40. The number of piperidine rings is 1. The van der Waals surface area contributed by atoms with E-state index in [1.54, 1.807) is 12.2 Å². The van der Waals surface area contributed by atoms with Crippen LogP contribution in [0, 0.1) is 30.6 Å². The van der Waals surface area contributed by atoms with Crippen LogP contribution >= 0.6 is 0 Å². The second-order valence-electron chi connectivity index (χ2n) is 10.1. The van der Waals surface area contributed by atoms with E-state index in [2.05, 4.69) is 27.1 Å². The van der Waals surface area contributed by atoms with E-state index < -0.39 is 0 Å². The molecule has 2 saturated heterocycles. The van der Waals surface area contributed by atoms with E-state index >= 15 is 0 Å². The number of rotatable bonds is 7. The van der Waals surface area contributed by atoms with Gasteiger partial charge in [0.05, 0.1) is 23.9 Å². The molecule has 39 heavy (non-hydrogen) atoms. The maximum atomic E-state index is 13.6. The van der Waals surface area contributed by atoms with Gasteiger partial charge in [0.2, 0.25) is 0 Å². The number of carbonyl (C=O) groups is 1. The summed E-state index contributed by atoms with van der Waals surface area (Å²) in [6.45, 7) is 7.13. The summed E-state index contributed by atoms with van der Waals surface area (Å²) in [6, 6.07) is 18.4. The zero-order valence-electron chi connectivity index (χ0n) is 22.8. The monoisotopic (exact) mass is 523 g/mol. The lowest BCUT2D eigenvalue weighted by atomic mass is 10.0. The fourth-order valence-corrected chi connectivity index (χ4v) is 5.46. The fraction of sp³-hybridized carbons (Fsp3) is 0.375. The maximum Gasteiger partial charge on any atom is 0.254 e. The minimum absolute atomic E-state index is 0.00317. The highest BCUT2D eigenvalue weighted by molar-refractivity contribution is 5.96. The number of allylic oxidation sites excluding steroid dienone is 3. The molecule has 2 heterocycles. The smallest absolute Gasteiger partial charge is 0.254 e. The van der Waals surface area contributed by atoms with Gasteiger partial charge in [-0.15, -0.1) is 6.42 Å². The number of hydrogen-bond acceptors (Lipinski definition) is 6. The molecule has 4 rings (SSSR count). The SMILES string of the molecule is C#C/C=C(\C(C#N)=C/C)N1CCC(Nc2ccc(C)c(C(=O)N3CCN(c4ccccc4)[C@@H](CO)C3)c2)CC1. The minimum atomic E-state index is -0.144. The molecule has 7 heteroatoms. The summed E-state index contributed by atoms with van der Waals surface area (Å²) in [6.07, 6.45) is 10.8. The van der Waals surface area contributed by atoms with Crippen molar-refractivity contribution in [2.24, 2.45) is 0 Å². The summed E-state index contributed by atoms with van der Waals surface area (Å²) in [5, 5.41) is 23.2. The third kappa shape index (κ3) is 6.45. The second-order valence-corrected chi connectivity index (χ2v) is 10.1. The third-order valence-corrected chi connectivity index (χ3v) is 7.65. The van der Waals surface area contributed by atoms with Crippen molar-refractivity contribution in [1.29, 1.82) is 5.26 Å². The molecular formula is C32H37N5O2. The van der Waals surface area contributed by atoms with E-state index in [9.17, 15) is 15.2 Å². The number of anilines is 2. The molecule has 2 aromatic rings. The van der Waals surface area contributed by atoms with Crippen molar-refractivity contribution in [2.75, 3.05) is 49.5 Å². The Hall–Kier alpha value is -4.20. The predicted octanol–water partition coefficient (Wildman–Crippen LogP) is 4.18. The van der Waals surface area contributed by atoms with Gasteiger partial charge in [0.1, 0.15) is 6.07 Å². The van der Waals surface area contributed by atoms with Crippen molar-refractivity contribution in [2.45, 2.75) is 38.8 Å². The van der Waals surface area contributed by atoms with Gasteiger partial charge < -0.3 is 25.1 Å². The van der Waals surface area contributed by atoms with Crippen LogP contribution in [0.5, 0.6) is 0 Å². The Labute approximate surface area is 232 Å². The number of amides is 1. The number of likely N-dealkylation sites (tertiary alicyclic amines) is 1. The molecule has 2 fully saturated rings. The minimum Gasteiger partial charge on any atom is -0.394 e. The van der Waals surface area contributed by atoms with E-state index in [1.165, 1.54) is 0 Å². The molecule has 7 nitrogen and oxygen atoms in total. The quantitative estimate of drug-likeness (QED) is 0.322. The number of terminal acetylenes is 1. The molecule has 0 unspecified atom stereocenters. The third-order valence-electron chi connectivity index (χ3n) is 7.65. The molecule has 0 bridgehead atoms. The average Bonchev–Trinajstić information content (AvgIpc) is 2.98. The molecule has 1 atom stereocenters. The van der Waals surface area contributed by atoms with Crippen molar-refractivity contribution in [3.8, 4) is 18.4 Å². The molecule has 1 amide bonds. The molecule has 0 radical (unpaired) electrons. The number of piperazine rings is 1. The van der Waals surface area contributed by atoms with Gasteiger partial charge in [0, 0.05) is 61.8 Å². The molecule has 2 aromatic carbocycles. The number of benzene rings is 2. The van der Waals surface area contributed by atoms with Crippen molar-refractivity contribution in [3.05, 3.63) is 83.1 Å². The Morgan fingerprint density at radius 3 is 2.51 bits per heavy atom. The lowest BCUT2D eigenvalue weighted by Gasteiger charge is -2.42. The van der Waals surface area contributed by atoms with Gasteiger partial charge in [-0.05, 0) is 56.5 Å². The van der Waals surface area contributed by atoms with Gasteiger partial charge in [0.15, 0.2) is 0 Å². The average molecular weight is 524 g/mol. The van der Waals surface area contributed by atoms with Crippen molar-refractivity contribution in [1.82, 2.24) is 9.80 Å². The molecule has 202 valence electrons. The molecule has 0 saturated carbocycles. The summed E-state index contributed by atoms with van der Waals surface area (Å²) < 4.78 is 0. The first kappa shape index (κ1) is 27.8. The van der Waals surface area contributed by atoms with Crippen LogP contribution in [0.25, 0.3) is 0 Å². The van der Waals surface area contributed by atoms with Crippen LogP contribution in [0.3, 0.4) is 0 Å². The summed E-state index contributed by atoms with van der Waals surface area (Å²) in [5.41, 5.74) is 5.01. The number of carbonyl (C=O) groups excluding carboxylic acids is 1. The van der Waals surface area contributed by atoms with Gasteiger partial charge >= 0.3 is 0 Å². The second kappa shape index (κ2) is 13.0. The first-order valence-corrected chi connectivity index (χ1v) is 13.6. The first-order chi connectivity index (χ1) is 19.0. The van der Waals surface area contributed by atoms with Crippen molar-refractivity contribution < 1.29 is 9.90 Å². The Morgan fingerprint density at radius 2 is 1.87 bits per heavy atom. The highest BCUT2D eigenvalue weighted by Gasteiger charge is 2.30. The number of nitriles is 1. The van der Waals surface area contributed by atoms with E-state index in [0.717, 1.165) is 48.6 Å². The zero-order valence-corrected chi connectivity index (χ0v) is 22.8. The molecule has 2 aliphatic rings.